The Hall–Kier alpha value is -3.53. The van der Waals surface area contributed by atoms with Crippen molar-refractivity contribution in [3.05, 3.63) is 83.9 Å². The number of benzene rings is 3. The largest absolute Gasteiger partial charge is 0.507 e. The first-order valence-electron chi connectivity index (χ1n) is 9.65. The number of anilines is 2. The van der Waals surface area contributed by atoms with Gasteiger partial charge in [0, 0.05) is 22.5 Å². The van der Waals surface area contributed by atoms with Crippen LogP contribution in [0.2, 0.25) is 0 Å². The van der Waals surface area contributed by atoms with Crippen molar-refractivity contribution < 1.29 is 9.90 Å². The number of fused-ring (bicyclic) bond motifs is 1. The molecule has 0 aliphatic carbocycles. The van der Waals surface area contributed by atoms with Crippen molar-refractivity contribution >= 4 is 22.9 Å². The molecule has 1 aliphatic rings. The predicted octanol–water partition coefficient (Wildman–Crippen LogP) is 5.92. The van der Waals surface area contributed by atoms with Gasteiger partial charge in [-0.1, -0.05) is 48.5 Å². The third-order valence-electron chi connectivity index (χ3n) is 5.09. The van der Waals surface area contributed by atoms with E-state index >= 15 is 0 Å². The van der Waals surface area contributed by atoms with Crippen LogP contribution in [0.1, 0.15) is 36.7 Å². The fourth-order valence-corrected chi connectivity index (χ4v) is 3.99. The van der Waals surface area contributed by atoms with Gasteiger partial charge in [-0.15, -0.1) is 0 Å². The lowest BCUT2D eigenvalue weighted by Crippen LogP contribution is -2.32. The first kappa shape index (κ1) is 18.8. The number of rotatable bonds is 3. The molecule has 3 N–H and O–H groups in total. The molecule has 146 valence electrons. The molecule has 4 nitrogen and oxygen atoms in total. The monoisotopic (exact) mass is 384 g/mol. The van der Waals surface area contributed by atoms with Crippen LogP contribution in [0.15, 0.2) is 72.8 Å². The van der Waals surface area contributed by atoms with E-state index in [1.807, 2.05) is 61.5 Å². The maximum atomic E-state index is 13.5. The normalized spacial score (nSPS) is 14.4. The molecule has 0 radical (unpaired) electrons. The topological polar surface area (TPSA) is 61.4 Å². The number of aromatic hydroxyl groups is 1. The number of phenolic OH excluding ortho intramolecular Hbond substituents is 1. The summed E-state index contributed by atoms with van der Waals surface area (Å²) >= 11 is 0. The zero-order valence-corrected chi connectivity index (χ0v) is 16.8. The van der Waals surface area contributed by atoms with Crippen molar-refractivity contribution in [1.82, 2.24) is 0 Å². The first-order chi connectivity index (χ1) is 13.9. The van der Waals surface area contributed by atoms with Crippen LogP contribution in [0.5, 0.6) is 5.75 Å². The van der Waals surface area contributed by atoms with Crippen LogP contribution in [0, 0.1) is 0 Å². The average Bonchev–Trinajstić information content (AvgIpc) is 2.67. The summed E-state index contributed by atoms with van der Waals surface area (Å²) < 4.78 is 0. The van der Waals surface area contributed by atoms with Crippen LogP contribution in [0.25, 0.3) is 16.7 Å². The molecule has 0 spiro atoms. The number of carbonyl (C=O) groups excluding carboxylic acids is 1. The Morgan fingerprint density at radius 3 is 2.34 bits per heavy atom. The quantitative estimate of drug-likeness (QED) is 0.525. The van der Waals surface area contributed by atoms with Gasteiger partial charge in [-0.3, -0.25) is 4.79 Å². The lowest BCUT2D eigenvalue weighted by Gasteiger charge is -2.33. The molecule has 3 aromatic carbocycles. The summed E-state index contributed by atoms with van der Waals surface area (Å²) in [6.07, 6.45) is 2.13. The molecule has 0 aromatic heterocycles. The van der Waals surface area contributed by atoms with Crippen LogP contribution >= 0.6 is 0 Å². The second kappa shape index (κ2) is 7.13. The van der Waals surface area contributed by atoms with Crippen molar-refractivity contribution in [2.24, 2.45) is 0 Å². The number of carbonyl (C=O) groups is 1. The van der Waals surface area contributed by atoms with Crippen molar-refractivity contribution in [3.8, 4) is 16.9 Å². The van der Waals surface area contributed by atoms with Gasteiger partial charge in [0.15, 0.2) is 0 Å². The highest BCUT2D eigenvalue weighted by molar-refractivity contribution is 6.14. The van der Waals surface area contributed by atoms with Gasteiger partial charge in [0.25, 0.3) is 5.91 Å². The van der Waals surface area contributed by atoms with E-state index in [0.29, 0.717) is 16.7 Å². The Morgan fingerprint density at radius 1 is 0.931 bits per heavy atom. The van der Waals surface area contributed by atoms with E-state index in [1.54, 1.807) is 12.1 Å². The van der Waals surface area contributed by atoms with Crippen LogP contribution in [0.4, 0.5) is 11.4 Å². The lowest BCUT2D eigenvalue weighted by molar-refractivity contribution is 0.102. The third kappa shape index (κ3) is 3.61. The van der Waals surface area contributed by atoms with Gasteiger partial charge in [-0.2, -0.15) is 0 Å². The molecule has 0 bridgehead atoms. The number of hydrogen-bond acceptors (Lipinski definition) is 3. The highest BCUT2D eigenvalue weighted by atomic mass is 16.3. The van der Waals surface area contributed by atoms with E-state index in [-0.39, 0.29) is 17.2 Å². The van der Waals surface area contributed by atoms with E-state index < -0.39 is 0 Å². The number of amides is 1. The maximum Gasteiger partial charge on any atom is 0.256 e. The lowest BCUT2D eigenvalue weighted by atomic mass is 9.84. The van der Waals surface area contributed by atoms with Crippen molar-refractivity contribution in [2.75, 3.05) is 10.6 Å². The van der Waals surface area contributed by atoms with E-state index in [2.05, 4.69) is 30.6 Å². The van der Waals surface area contributed by atoms with Gasteiger partial charge >= 0.3 is 0 Å². The number of para-hydroxylation sites is 2. The zero-order valence-electron chi connectivity index (χ0n) is 16.8. The molecule has 0 atom stereocenters. The molecule has 3 aromatic rings. The van der Waals surface area contributed by atoms with E-state index in [4.69, 9.17) is 0 Å². The van der Waals surface area contributed by atoms with E-state index in [1.165, 1.54) is 0 Å². The Bertz CT molecular complexity index is 1110. The molecule has 0 fully saturated rings. The zero-order chi connectivity index (χ0) is 20.6. The summed E-state index contributed by atoms with van der Waals surface area (Å²) in [4.78, 5) is 13.5. The first-order valence-corrected chi connectivity index (χ1v) is 9.65. The summed E-state index contributed by atoms with van der Waals surface area (Å²) in [5.41, 5.74) is 5.19. The molecule has 29 heavy (non-hydrogen) atoms. The van der Waals surface area contributed by atoms with Crippen LogP contribution in [0.3, 0.4) is 0 Å². The second-order valence-corrected chi connectivity index (χ2v) is 7.92. The number of allylic oxidation sites excluding steroid dienone is 1. The average molecular weight is 384 g/mol. The SMILES string of the molecule is CC1=CC(C)(C)Nc2ccc(-c3ccccc3O)c(C(=O)Nc3ccccc3)c21. The predicted molar refractivity (Wildman–Crippen MR) is 119 cm³/mol. The van der Waals surface area contributed by atoms with Gasteiger partial charge in [0.05, 0.1) is 11.1 Å². The number of nitrogens with one attached hydrogen (secondary N) is 2. The van der Waals surface area contributed by atoms with Gasteiger partial charge in [0.1, 0.15) is 5.75 Å². The molecule has 1 aliphatic heterocycles. The van der Waals surface area contributed by atoms with Crippen LogP contribution in [-0.2, 0) is 0 Å². The van der Waals surface area contributed by atoms with Gasteiger partial charge in [-0.25, -0.2) is 0 Å². The molecule has 4 rings (SSSR count). The second-order valence-electron chi connectivity index (χ2n) is 7.92. The van der Waals surface area contributed by atoms with Gasteiger partial charge < -0.3 is 15.7 Å². The fourth-order valence-electron chi connectivity index (χ4n) is 3.99. The minimum atomic E-state index is -0.208. The van der Waals surface area contributed by atoms with E-state index in [0.717, 1.165) is 22.5 Å². The molecule has 0 saturated carbocycles. The Balaban J connectivity index is 1.93. The molecule has 1 amide bonds. The molecule has 4 heteroatoms. The number of hydrogen-bond donors (Lipinski definition) is 3. The molecular formula is C25H24N2O2. The molecule has 0 unspecified atom stereocenters. The van der Waals surface area contributed by atoms with Crippen LogP contribution < -0.4 is 10.6 Å². The molecular weight excluding hydrogens is 360 g/mol. The minimum Gasteiger partial charge on any atom is -0.507 e. The Morgan fingerprint density at radius 2 is 1.62 bits per heavy atom. The molecule has 1 heterocycles. The van der Waals surface area contributed by atoms with E-state index in [9.17, 15) is 9.90 Å². The van der Waals surface area contributed by atoms with Crippen LogP contribution in [-0.4, -0.2) is 16.6 Å². The molecule has 0 saturated heterocycles. The Kier molecular flexibility index (Phi) is 4.63. The van der Waals surface area contributed by atoms with Crippen molar-refractivity contribution in [1.29, 1.82) is 0 Å². The maximum absolute atomic E-state index is 13.5. The summed E-state index contributed by atoms with van der Waals surface area (Å²) in [5, 5.41) is 17.0. The highest BCUT2D eigenvalue weighted by Gasteiger charge is 2.29. The van der Waals surface area contributed by atoms with Gasteiger partial charge in [0.2, 0.25) is 0 Å². The smallest absolute Gasteiger partial charge is 0.256 e. The highest BCUT2D eigenvalue weighted by Crippen LogP contribution is 2.42. The summed E-state index contributed by atoms with van der Waals surface area (Å²) in [5.74, 6) is -0.0625. The Labute approximate surface area is 170 Å². The van der Waals surface area contributed by atoms with Crippen molar-refractivity contribution in [3.63, 3.8) is 0 Å². The van der Waals surface area contributed by atoms with Gasteiger partial charge in [-0.05, 0) is 56.2 Å². The summed E-state index contributed by atoms with van der Waals surface area (Å²) in [7, 11) is 0. The summed E-state index contributed by atoms with van der Waals surface area (Å²) in [6, 6.07) is 20.4. The number of phenols is 1. The van der Waals surface area contributed by atoms with Crippen molar-refractivity contribution in [2.45, 2.75) is 26.3 Å². The fraction of sp³-hybridized carbons (Fsp3) is 0.160. The summed E-state index contributed by atoms with van der Waals surface area (Å²) in [6.45, 7) is 6.22. The minimum absolute atomic E-state index is 0.145. The third-order valence-corrected chi connectivity index (χ3v) is 5.09. The standard InChI is InChI=1S/C25H24N2O2/c1-16-15-25(2,3)27-20-14-13-19(18-11-7-8-12-21(18)28)23(22(16)20)24(29)26-17-9-5-4-6-10-17/h4-15,27-28H,1-3H3,(H,26,29).